The van der Waals surface area contributed by atoms with Crippen molar-refractivity contribution in [2.75, 3.05) is 36.6 Å². The summed E-state index contributed by atoms with van der Waals surface area (Å²) in [6, 6.07) is 3.95. The third-order valence-corrected chi connectivity index (χ3v) is 5.73. The van der Waals surface area contributed by atoms with Crippen molar-refractivity contribution in [3.05, 3.63) is 37.9 Å². The molecule has 0 radical (unpaired) electrons. The van der Waals surface area contributed by atoms with Crippen LogP contribution in [-0.4, -0.2) is 48.6 Å². The molecule has 1 fully saturated rings. The lowest BCUT2D eigenvalue weighted by Crippen LogP contribution is -2.35. The highest BCUT2D eigenvalue weighted by molar-refractivity contribution is 7.17. The molecule has 2 aromatic heterocycles. The number of aromatic carboxylic acids is 1. The number of hydrogen-bond donors (Lipinski definition) is 2. The third kappa shape index (κ3) is 4.21. The summed E-state index contributed by atoms with van der Waals surface area (Å²) in [6.07, 6.45) is 1.59. The summed E-state index contributed by atoms with van der Waals surface area (Å²) in [7, 11) is 0. The zero-order valence-electron chi connectivity index (χ0n) is 13.2. The number of aromatic nitrogens is 1. The van der Waals surface area contributed by atoms with Crippen LogP contribution < -0.4 is 10.3 Å². The van der Waals surface area contributed by atoms with E-state index in [2.05, 4.69) is 20.4 Å². The lowest BCUT2D eigenvalue weighted by molar-refractivity contribution is 0.0691. The predicted molar refractivity (Wildman–Crippen MR) is 105 cm³/mol. The van der Waals surface area contributed by atoms with E-state index in [4.69, 9.17) is 44.6 Å². The molecule has 138 valence electrons. The van der Waals surface area contributed by atoms with Crippen LogP contribution in [0.2, 0.25) is 15.2 Å². The minimum atomic E-state index is -1.31. The van der Waals surface area contributed by atoms with E-state index in [0.29, 0.717) is 13.2 Å². The Morgan fingerprint density at radius 3 is 2.73 bits per heavy atom. The van der Waals surface area contributed by atoms with Crippen molar-refractivity contribution < 1.29 is 14.6 Å². The molecule has 26 heavy (non-hydrogen) atoms. The molecule has 3 heterocycles. The van der Waals surface area contributed by atoms with E-state index in [-0.39, 0.29) is 20.9 Å². The monoisotopic (exact) mass is 434 g/mol. The Labute approximate surface area is 168 Å². The lowest BCUT2D eigenvalue weighted by Gasteiger charge is -2.27. The molecule has 1 aliphatic rings. The topological polar surface area (TPSA) is 87.0 Å². The minimum Gasteiger partial charge on any atom is -0.476 e. The first-order valence-corrected chi connectivity index (χ1v) is 9.42. The molecule has 0 unspecified atom stereocenters. The van der Waals surface area contributed by atoms with Crippen molar-refractivity contribution in [3.63, 3.8) is 0 Å². The normalized spacial score (nSPS) is 14.8. The average molecular weight is 436 g/mol. The van der Waals surface area contributed by atoms with E-state index in [1.165, 1.54) is 0 Å². The van der Waals surface area contributed by atoms with E-state index in [1.54, 1.807) is 17.6 Å². The van der Waals surface area contributed by atoms with Crippen LogP contribution in [0.1, 0.15) is 15.4 Å². The van der Waals surface area contributed by atoms with Gasteiger partial charge in [-0.25, -0.2) is 9.78 Å². The summed E-state index contributed by atoms with van der Waals surface area (Å²) in [5, 5.41) is 14.0. The zero-order chi connectivity index (χ0) is 18.7. The van der Waals surface area contributed by atoms with Gasteiger partial charge in [-0.15, -0.1) is 11.3 Å². The molecule has 0 amide bonds. The molecule has 7 nitrogen and oxygen atoms in total. The summed E-state index contributed by atoms with van der Waals surface area (Å²) in [5.41, 5.74) is 2.34. The Morgan fingerprint density at radius 1 is 1.31 bits per heavy atom. The number of ether oxygens (including phenoxy) is 1. The van der Waals surface area contributed by atoms with Crippen LogP contribution in [0.4, 0.5) is 10.7 Å². The van der Waals surface area contributed by atoms with Crippen molar-refractivity contribution in [1.29, 1.82) is 0 Å². The molecule has 0 aromatic carbocycles. The van der Waals surface area contributed by atoms with Gasteiger partial charge in [0.1, 0.15) is 10.0 Å². The van der Waals surface area contributed by atoms with Crippen LogP contribution in [-0.2, 0) is 4.74 Å². The van der Waals surface area contributed by atoms with Gasteiger partial charge in [-0.1, -0.05) is 34.8 Å². The maximum atomic E-state index is 11.2. The Bertz CT molecular complexity index is 853. The smallest absolute Gasteiger partial charge is 0.356 e. The number of morpholine rings is 1. The van der Waals surface area contributed by atoms with Crippen LogP contribution in [0.15, 0.2) is 17.2 Å². The molecular weight excluding hydrogens is 423 g/mol. The number of hydrazone groups is 1. The van der Waals surface area contributed by atoms with E-state index in [9.17, 15) is 4.79 Å². The fraction of sp³-hybridized carbons (Fsp3) is 0.267. The summed E-state index contributed by atoms with van der Waals surface area (Å²) >= 11 is 19.5. The molecule has 1 aliphatic heterocycles. The van der Waals surface area contributed by atoms with Gasteiger partial charge < -0.3 is 14.7 Å². The Morgan fingerprint density at radius 2 is 2.04 bits per heavy atom. The van der Waals surface area contributed by atoms with Crippen molar-refractivity contribution in [2.24, 2.45) is 5.10 Å². The Balaban J connectivity index is 1.75. The lowest BCUT2D eigenvalue weighted by atomic mass is 10.3. The maximum Gasteiger partial charge on any atom is 0.356 e. The largest absolute Gasteiger partial charge is 0.476 e. The first-order chi connectivity index (χ1) is 12.5. The number of nitrogens with one attached hydrogen (secondary N) is 1. The van der Waals surface area contributed by atoms with Crippen LogP contribution in [0.3, 0.4) is 0 Å². The number of rotatable bonds is 5. The van der Waals surface area contributed by atoms with Gasteiger partial charge in [-0.05, 0) is 12.1 Å². The molecule has 0 bridgehead atoms. The number of carbonyl (C=O) groups is 1. The van der Waals surface area contributed by atoms with E-state index < -0.39 is 11.7 Å². The van der Waals surface area contributed by atoms with Gasteiger partial charge in [-0.3, -0.25) is 5.43 Å². The number of carboxylic acids is 1. The van der Waals surface area contributed by atoms with Gasteiger partial charge in [-0.2, -0.15) is 5.10 Å². The zero-order valence-corrected chi connectivity index (χ0v) is 16.3. The number of hydrogen-bond acceptors (Lipinski definition) is 7. The number of halogens is 3. The van der Waals surface area contributed by atoms with Crippen molar-refractivity contribution in [3.8, 4) is 0 Å². The molecule has 0 atom stereocenters. The average Bonchev–Trinajstić information content (AvgIpc) is 3.10. The van der Waals surface area contributed by atoms with Crippen LogP contribution in [0, 0.1) is 0 Å². The van der Waals surface area contributed by atoms with Gasteiger partial charge in [0.05, 0.1) is 30.1 Å². The van der Waals surface area contributed by atoms with E-state index >= 15 is 0 Å². The highest BCUT2D eigenvalue weighted by atomic mass is 35.5. The van der Waals surface area contributed by atoms with Crippen LogP contribution in [0.5, 0.6) is 0 Å². The fourth-order valence-corrected chi connectivity index (χ4v) is 3.88. The first kappa shape index (κ1) is 19.2. The van der Waals surface area contributed by atoms with Gasteiger partial charge >= 0.3 is 5.97 Å². The molecule has 0 spiro atoms. The molecule has 0 aliphatic carbocycles. The van der Waals surface area contributed by atoms with Crippen molar-refractivity contribution in [1.82, 2.24) is 4.98 Å². The Kier molecular flexibility index (Phi) is 6.20. The first-order valence-electron chi connectivity index (χ1n) is 7.46. The van der Waals surface area contributed by atoms with Crippen molar-refractivity contribution >= 4 is 69.0 Å². The molecule has 11 heteroatoms. The second-order valence-corrected chi connectivity index (χ2v) is 7.41. The number of nitrogens with zero attached hydrogens (tertiary/aromatic N) is 3. The molecule has 1 saturated heterocycles. The van der Waals surface area contributed by atoms with Gasteiger partial charge in [0.15, 0.2) is 10.8 Å². The van der Waals surface area contributed by atoms with Gasteiger partial charge in [0.2, 0.25) is 0 Å². The van der Waals surface area contributed by atoms with Gasteiger partial charge in [0.25, 0.3) is 0 Å². The summed E-state index contributed by atoms with van der Waals surface area (Å²) < 4.78 is 5.34. The molecule has 0 saturated carbocycles. The van der Waals surface area contributed by atoms with Gasteiger partial charge in [0, 0.05) is 18.0 Å². The van der Waals surface area contributed by atoms with Crippen LogP contribution in [0.25, 0.3) is 0 Å². The summed E-state index contributed by atoms with van der Waals surface area (Å²) in [5.74, 6) is -1.31. The fourth-order valence-electron chi connectivity index (χ4n) is 2.28. The Hall–Kier alpha value is -1.58. The second kappa shape index (κ2) is 8.41. The number of thiophene rings is 1. The minimum absolute atomic E-state index is 0.000924. The van der Waals surface area contributed by atoms with E-state index in [0.717, 1.165) is 23.0 Å². The molecule has 2 aromatic rings. The highest BCUT2D eigenvalue weighted by Gasteiger charge is 2.20. The summed E-state index contributed by atoms with van der Waals surface area (Å²) in [6.45, 7) is 3.14. The molecular formula is C15H13Cl3N4O3S. The number of pyridine rings is 1. The predicted octanol–water partition coefficient (Wildman–Crippen LogP) is 4.08. The van der Waals surface area contributed by atoms with Crippen molar-refractivity contribution in [2.45, 2.75) is 0 Å². The second-order valence-electron chi connectivity index (χ2n) is 5.20. The maximum absolute atomic E-state index is 11.2. The summed E-state index contributed by atoms with van der Waals surface area (Å²) in [4.78, 5) is 18.0. The number of carboxylic acid groups (broad SMARTS) is 1. The number of anilines is 2. The molecule has 2 N–H and O–H groups in total. The standard InChI is InChI=1S/C15H13Cl3N4O3S/c16-10-12(11(17)14(18)20-13(10)15(23)24)21-19-7-8-1-2-9(26-8)22-3-5-25-6-4-22/h1-2,7H,3-6H2,(H,20,21)(H,23,24)/b19-7-. The SMILES string of the molecule is O=C(O)c1nc(Cl)c(Cl)c(N/N=C\c2ccc(N3CCOCC3)s2)c1Cl. The quantitative estimate of drug-likeness (QED) is 0.418. The highest BCUT2D eigenvalue weighted by Crippen LogP contribution is 2.37. The molecule has 3 rings (SSSR count). The third-order valence-electron chi connectivity index (χ3n) is 3.54. The van der Waals surface area contributed by atoms with Crippen LogP contribution >= 0.6 is 46.1 Å². The van der Waals surface area contributed by atoms with E-state index in [1.807, 2.05) is 12.1 Å².